The number of halogens is 1. The van der Waals surface area contributed by atoms with E-state index in [9.17, 15) is 0 Å². The summed E-state index contributed by atoms with van der Waals surface area (Å²) in [7, 11) is 1.76. The molecule has 1 heterocycles. The topological polar surface area (TPSA) is 50.8 Å². The van der Waals surface area contributed by atoms with Gasteiger partial charge in [0.05, 0.1) is 5.69 Å². The molecule has 0 amide bonds. The second-order valence-electron chi connectivity index (χ2n) is 4.01. The van der Waals surface area contributed by atoms with Crippen LogP contribution in [0.15, 0.2) is 22.7 Å². The van der Waals surface area contributed by atoms with E-state index in [0.29, 0.717) is 22.9 Å². The van der Waals surface area contributed by atoms with Crippen molar-refractivity contribution in [2.45, 2.75) is 13.8 Å². The van der Waals surface area contributed by atoms with Crippen LogP contribution in [0.3, 0.4) is 0 Å². The quantitative estimate of drug-likeness (QED) is 0.853. The van der Waals surface area contributed by atoms with Gasteiger partial charge in [-0.15, -0.1) is 0 Å². The first-order valence-corrected chi connectivity index (χ1v) is 6.20. The zero-order valence-corrected chi connectivity index (χ0v) is 11.9. The first kappa shape index (κ1) is 12.7. The van der Waals surface area contributed by atoms with E-state index in [0.717, 1.165) is 10.0 Å². The van der Waals surface area contributed by atoms with E-state index in [-0.39, 0.29) is 0 Å². The van der Waals surface area contributed by atoms with Crippen molar-refractivity contribution >= 4 is 15.9 Å². The van der Waals surface area contributed by atoms with Gasteiger partial charge < -0.3 is 4.74 Å². The first-order chi connectivity index (χ1) is 8.52. The Morgan fingerprint density at radius 3 is 2.78 bits per heavy atom. The Bertz CT molecular complexity index is 640. The van der Waals surface area contributed by atoms with Crippen molar-refractivity contribution in [1.29, 1.82) is 5.26 Å². The maximum absolute atomic E-state index is 9.12. The number of nitriles is 1. The van der Waals surface area contributed by atoms with Crippen molar-refractivity contribution in [3.05, 3.63) is 39.5 Å². The number of rotatable bonds is 2. The van der Waals surface area contributed by atoms with Crippen LogP contribution in [-0.2, 0) is 7.05 Å². The zero-order valence-electron chi connectivity index (χ0n) is 10.4. The van der Waals surface area contributed by atoms with Gasteiger partial charge in [0.25, 0.3) is 0 Å². The molecule has 0 spiro atoms. The third-order valence-corrected chi connectivity index (χ3v) is 3.13. The number of ether oxygens (including phenoxy) is 1. The van der Waals surface area contributed by atoms with Gasteiger partial charge in [-0.2, -0.15) is 10.4 Å². The molecule has 0 aliphatic carbocycles. The van der Waals surface area contributed by atoms with Crippen LogP contribution in [0.5, 0.6) is 11.6 Å². The van der Waals surface area contributed by atoms with Crippen molar-refractivity contribution in [1.82, 2.24) is 9.78 Å². The highest BCUT2D eigenvalue weighted by Gasteiger charge is 2.16. The Kier molecular flexibility index (Phi) is 3.39. The fraction of sp³-hybridized carbons (Fsp3) is 0.231. The van der Waals surface area contributed by atoms with Crippen LogP contribution in [-0.4, -0.2) is 9.78 Å². The number of aromatic nitrogens is 2. The molecule has 18 heavy (non-hydrogen) atoms. The van der Waals surface area contributed by atoms with Crippen LogP contribution >= 0.6 is 15.9 Å². The lowest BCUT2D eigenvalue weighted by atomic mass is 10.2. The van der Waals surface area contributed by atoms with E-state index in [2.05, 4.69) is 27.1 Å². The van der Waals surface area contributed by atoms with Crippen LogP contribution in [0.25, 0.3) is 0 Å². The number of aryl methyl sites for hydroxylation is 3. The maximum Gasteiger partial charge on any atom is 0.235 e. The molecule has 0 saturated heterocycles. The minimum atomic E-state index is 0.469. The van der Waals surface area contributed by atoms with Gasteiger partial charge >= 0.3 is 0 Å². The van der Waals surface area contributed by atoms with Gasteiger partial charge in [-0.25, -0.2) is 4.68 Å². The van der Waals surface area contributed by atoms with Gasteiger partial charge in [-0.1, -0.05) is 22.0 Å². The molecule has 0 bridgehead atoms. The second-order valence-corrected chi connectivity index (χ2v) is 4.93. The smallest absolute Gasteiger partial charge is 0.235 e. The largest absolute Gasteiger partial charge is 0.438 e. The minimum absolute atomic E-state index is 0.469. The Morgan fingerprint density at radius 1 is 1.39 bits per heavy atom. The molecule has 5 heteroatoms. The summed E-state index contributed by atoms with van der Waals surface area (Å²) in [6.45, 7) is 3.75. The predicted molar refractivity (Wildman–Crippen MR) is 71.6 cm³/mol. The molecule has 0 unspecified atom stereocenters. The molecular weight excluding hydrogens is 294 g/mol. The lowest BCUT2D eigenvalue weighted by Gasteiger charge is -2.09. The lowest BCUT2D eigenvalue weighted by Crippen LogP contribution is -1.97. The molecule has 1 aromatic heterocycles. The molecule has 0 aliphatic rings. The average molecular weight is 306 g/mol. The second kappa shape index (κ2) is 4.83. The maximum atomic E-state index is 9.12. The van der Waals surface area contributed by atoms with Gasteiger partial charge in [0.2, 0.25) is 5.88 Å². The van der Waals surface area contributed by atoms with Gasteiger partial charge in [-0.05, 0) is 31.5 Å². The predicted octanol–water partition coefficient (Wildman–Crippen LogP) is 3.46. The van der Waals surface area contributed by atoms with Crippen molar-refractivity contribution in [3.63, 3.8) is 0 Å². The summed E-state index contributed by atoms with van der Waals surface area (Å²) in [5, 5.41) is 13.3. The van der Waals surface area contributed by atoms with Crippen LogP contribution in [0.2, 0.25) is 0 Å². The SMILES string of the molecule is Cc1ccc(Br)cc1Oc1c(C#N)c(C)nn1C. The molecule has 0 radical (unpaired) electrons. The van der Waals surface area contributed by atoms with E-state index >= 15 is 0 Å². The fourth-order valence-electron chi connectivity index (χ4n) is 1.67. The van der Waals surface area contributed by atoms with Gasteiger partial charge in [0.15, 0.2) is 0 Å². The summed E-state index contributed by atoms with van der Waals surface area (Å²) in [5.41, 5.74) is 2.14. The van der Waals surface area contributed by atoms with E-state index < -0.39 is 0 Å². The Hall–Kier alpha value is -1.80. The number of nitrogens with zero attached hydrogens (tertiary/aromatic N) is 3. The molecule has 2 rings (SSSR count). The molecule has 0 aliphatic heterocycles. The van der Waals surface area contributed by atoms with Crippen molar-refractivity contribution in [2.24, 2.45) is 7.05 Å². The molecule has 0 atom stereocenters. The Labute approximate surface area is 114 Å². The highest BCUT2D eigenvalue weighted by Crippen LogP contribution is 2.30. The summed E-state index contributed by atoms with van der Waals surface area (Å²) in [5.74, 6) is 1.18. The minimum Gasteiger partial charge on any atom is -0.438 e. The monoisotopic (exact) mass is 305 g/mol. The van der Waals surface area contributed by atoms with Crippen LogP contribution in [0.4, 0.5) is 0 Å². The van der Waals surface area contributed by atoms with E-state index in [1.807, 2.05) is 25.1 Å². The number of benzene rings is 1. The molecule has 1 aromatic carbocycles. The third-order valence-electron chi connectivity index (χ3n) is 2.64. The van der Waals surface area contributed by atoms with E-state index in [1.165, 1.54) is 0 Å². The van der Waals surface area contributed by atoms with E-state index in [1.54, 1.807) is 18.7 Å². The Balaban J connectivity index is 2.46. The van der Waals surface area contributed by atoms with Gasteiger partial charge in [-0.3, -0.25) is 0 Å². The molecular formula is C13H12BrN3O. The molecule has 92 valence electrons. The average Bonchev–Trinajstić information content (AvgIpc) is 2.58. The number of hydrogen-bond donors (Lipinski definition) is 0. The van der Waals surface area contributed by atoms with Crippen molar-refractivity contribution in [2.75, 3.05) is 0 Å². The van der Waals surface area contributed by atoms with Crippen LogP contribution < -0.4 is 4.74 Å². The highest BCUT2D eigenvalue weighted by atomic mass is 79.9. The lowest BCUT2D eigenvalue weighted by molar-refractivity contribution is 0.426. The molecule has 0 N–H and O–H groups in total. The standard InChI is InChI=1S/C13H12BrN3O/c1-8-4-5-10(14)6-12(8)18-13-11(7-15)9(2)16-17(13)3/h4-6H,1-3H3. The summed E-state index contributed by atoms with van der Waals surface area (Å²) >= 11 is 3.40. The third kappa shape index (κ3) is 2.24. The van der Waals surface area contributed by atoms with E-state index in [4.69, 9.17) is 10.00 Å². The first-order valence-electron chi connectivity index (χ1n) is 5.40. The van der Waals surface area contributed by atoms with Gasteiger partial charge in [0.1, 0.15) is 17.4 Å². The van der Waals surface area contributed by atoms with Crippen molar-refractivity contribution < 1.29 is 4.74 Å². The van der Waals surface area contributed by atoms with Crippen molar-refractivity contribution in [3.8, 4) is 17.7 Å². The molecule has 4 nitrogen and oxygen atoms in total. The van der Waals surface area contributed by atoms with Crippen LogP contribution in [0.1, 0.15) is 16.8 Å². The summed E-state index contributed by atoms with van der Waals surface area (Å²) < 4.78 is 8.32. The fourth-order valence-corrected chi connectivity index (χ4v) is 2.01. The summed E-state index contributed by atoms with van der Waals surface area (Å²) in [6, 6.07) is 7.89. The Morgan fingerprint density at radius 2 is 2.11 bits per heavy atom. The zero-order chi connectivity index (χ0) is 13.3. The number of hydrogen-bond acceptors (Lipinski definition) is 3. The summed E-state index contributed by atoms with van der Waals surface area (Å²) in [6.07, 6.45) is 0. The molecule has 0 saturated carbocycles. The molecule has 2 aromatic rings. The van der Waals surface area contributed by atoms with Crippen LogP contribution in [0, 0.1) is 25.2 Å². The highest BCUT2D eigenvalue weighted by molar-refractivity contribution is 9.10. The normalized spacial score (nSPS) is 10.2. The molecule has 0 fully saturated rings. The van der Waals surface area contributed by atoms with Gasteiger partial charge in [0, 0.05) is 11.5 Å². The summed E-state index contributed by atoms with van der Waals surface area (Å²) in [4.78, 5) is 0.